The number of fused-ring (bicyclic) bond motifs is 1. The molecule has 32 heavy (non-hydrogen) atoms. The highest BCUT2D eigenvalue weighted by atomic mass is 32.2. The van der Waals surface area contributed by atoms with Crippen molar-refractivity contribution < 1.29 is 9.53 Å². The molecule has 1 heterocycles. The molecule has 4 rings (SSSR count). The maximum Gasteiger partial charge on any atom is 0.266 e. The van der Waals surface area contributed by atoms with E-state index in [0.29, 0.717) is 22.6 Å². The number of carbonyl (C=O) groups excluding carboxylic acids is 1. The Bertz CT molecular complexity index is 1210. The van der Waals surface area contributed by atoms with E-state index >= 15 is 0 Å². The largest absolute Gasteiger partial charge is 0.493 e. The molecule has 4 nitrogen and oxygen atoms in total. The molecule has 3 aromatic carbocycles. The highest BCUT2D eigenvalue weighted by Crippen LogP contribution is 2.36. The Hall–Kier alpha value is -3.05. The minimum atomic E-state index is -0.0352. The zero-order chi connectivity index (χ0) is 22.7. The second kappa shape index (κ2) is 9.61. The van der Waals surface area contributed by atoms with E-state index in [0.717, 1.165) is 34.2 Å². The molecule has 0 aliphatic carbocycles. The Morgan fingerprint density at radius 3 is 2.50 bits per heavy atom. The van der Waals surface area contributed by atoms with Crippen LogP contribution in [0.15, 0.2) is 70.6 Å². The standard InChI is InChI=1S/C27H28N2O2S/c1-5-19-10-6-9-13-23(19)28-27-29(4)26(30)25(32-27)16-20-14-15-24(31-17-18(2)3)22-12-8-7-11-21(20)22/h6-16,18H,5,17H2,1-4H3/b25-16+,28-27?. The lowest BCUT2D eigenvalue weighted by Crippen LogP contribution is -2.23. The topological polar surface area (TPSA) is 41.9 Å². The molecule has 5 heteroatoms. The number of ether oxygens (including phenoxy) is 1. The van der Waals surface area contributed by atoms with Gasteiger partial charge in [-0.25, -0.2) is 4.99 Å². The summed E-state index contributed by atoms with van der Waals surface area (Å²) in [6.07, 6.45) is 2.86. The Balaban J connectivity index is 1.69. The first kappa shape index (κ1) is 22.2. The lowest BCUT2D eigenvalue weighted by atomic mass is 10.0. The highest BCUT2D eigenvalue weighted by Gasteiger charge is 2.30. The summed E-state index contributed by atoms with van der Waals surface area (Å²) in [4.78, 5) is 20.1. The van der Waals surface area contributed by atoms with E-state index in [2.05, 4.69) is 39.0 Å². The summed E-state index contributed by atoms with van der Waals surface area (Å²) in [6.45, 7) is 7.06. The summed E-state index contributed by atoms with van der Waals surface area (Å²) in [5.41, 5.74) is 3.08. The van der Waals surface area contributed by atoms with Crippen molar-refractivity contribution in [2.45, 2.75) is 27.2 Å². The number of amides is 1. The normalized spacial score (nSPS) is 16.7. The number of hydrogen-bond acceptors (Lipinski definition) is 4. The number of likely N-dealkylation sites (N-methyl/N-ethyl adjacent to an activating group) is 1. The van der Waals surface area contributed by atoms with Gasteiger partial charge in [0, 0.05) is 12.4 Å². The van der Waals surface area contributed by atoms with Crippen LogP contribution < -0.4 is 4.74 Å². The Morgan fingerprint density at radius 2 is 1.75 bits per heavy atom. The number of benzene rings is 3. The van der Waals surface area contributed by atoms with Crippen LogP contribution in [-0.4, -0.2) is 29.6 Å². The van der Waals surface area contributed by atoms with E-state index in [4.69, 9.17) is 9.73 Å². The van der Waals surface area contributed by atoms with Crippen molar-refractivity contribution in [2.75, 3.05) is 13.7 Å². The second-order valence-corrected chi connectivity index (χ2v) is 9.26. The van der Waals surface area contributed by atoms with Crippen LogP contribution in [0.1, 0.15) is 31.9 Å². The molecule has 1 fully saturated rings. The zero-order valence-electron chi connectivity index (χ0n) is 19.0. The van der Waals surface area contributed by atoms with Gasteiger partial charge in [-0.1, -0.05) is 69.3 Å². The monoisotopic (exact) mass is 444 g/mol. The molecule has 0 N–H and O–H groups in total. The van der Waals surface area contributed by atoms with Gasteiger partial charge in [-0.3, -0.25) is 9.69 Å². The number of aliphatic imine (C=N–C) groups is 1. The van der Waals surface area contributed by atoms with Crippen molar-refractivity contribution in [1.82, 2.24) is 4.90 Å². The van der Waals surface area contributed by atoms with Crippen LogP contribution in [0.25, 0.3) is 16.8 Å². The summed E-state index contributed by atoms with van der Waals surface area (Å²) in [5.74, 6) is 1.29. The molecule has 0 spiro atoms. The molecule has 1 saturated heterocycles. The fourth-order valence-corrected chi connectivity index (χ4v) is 4.59. The van der Waals surface area contributed by atoms with Gasteiger partial charge < -0.3 is 4.74 Å². The predicted molar refractivity (Wildman–Crippen MR) is 136 cm³/mol. The second-order valence-electron chi connectivity index (χ2n) is 8.25. The highest BCUT2D eigenvalue weighted by molar-refractivity contribution is 8.18. The van der Waals surface area contributed by atoms with Crippen molar-refractivity contribution in [3.05, 3.63) is 76.7 Å². The van der Waals surface area contributed by atoms with Gasteiger partial charge >= 0.3 is 0 Å². The Kier molecular flexibility index (Phi) is 6.66. The molecule has 0 saturated carbocycles. The SMILES string of the molecule is CCc1ccccc1N=C1S/C(=C/c2ccc(OCC(C)C)c3ccccc23)C(=O)N1C. The lowest BCUT2D eigenvalue weighted by molar-refractivity contribution is -0.121. The molecule has 0 atom stereocenters. The summed E-state index contributed by atoms with van der Waals surface area (Å²) in [5, 5.41) is 2.82. The number of amidine groups is 1. The molecule has 0 unspecified atom stereocenters. The summed E-state index contributed by atoms with van der Waals surface area (Å²) in [7, 11) is 1.78. The van der Waals surface area contributed by atoms with E-state index in [9.17, 15) is 4.79 Å². The Morgan fingerprint density at radius 1 is 1.03 bits per heavy atom. The van der Waals surface area contributed by atoms with Gasteiger partial charge in [-0.05, 0) is 58.8 Å². The summed E-state index contributed by atoms with van der Waals surface area (Å²) in [6, 6.07) is 20.3. The molecule has 0 bridgehead atoms. The first-order chi connectivity index (χ1) is 15.5. The van der Waals surface area contributed by atoms with Crippen molar-refractivity contribution in [1.29, 1.82) is 0 Å². The molecule has 0 radical (unpaired) electrons. The molecular weight excluding hydrogens is 416 g/mol. The maximum absolute atomic E-state index is 13.0. The number of nitrogens with zero attached hydrogens (tertiary/aromatic N) is 2. The van der Waals surface area contributed by atoms with Crippen LogP contribution >= 0.6 is 11.8 Å². The van der Waals surface area contributed by atoms with E-state index < -0.39 is 0 Å². The third-order valence-electron chi connectivity index (χ3n) is 5.37. The predicted octanol–water partition coefficient (Wildman–Crippen LogP) is 6.67. The number of hydrogen-bond donors (Lipinski definition) is 0. The number of thioether (sulfide) groups is 1. The lowest BCUT2D eigenvalue weighted by Gasteiger charge is -2.13. The zero-order valence-corrected chi connectivity index (χ0v) is 19.8. The summed E-state index contributed by atoms with van der Waals surface area (Å²) >= 11 is 1.42. The van der Waals surface area contributed by atoms with Crippen molar-refractivity contribution in [2.24, 2.45) is 10.9 Å². The molecule has 3 aromatic rings. The fourth-order valence-electron chi connectivity index (χ4n) is 3.62. The minimum absolute atomic E-state index is 0.0352. The van der Waals surface area contributed by atoms with Crippen LogP contribution in [-0.2, 0) is 11.2 Å². The minimum Gasteiger partial charge on any atom is -0.493 e. The average molecular weight is 445 g/mol. The number of aryl methyl sites for hydroxylation is 1. The van der Waals surface area contributed by atoms with Gasteiger partial charge in [0.1, 0.15) is 5.75 Å². The first-order valence-corrected chi connectivity index (χ1v) is 11.8. The van der Waals surface area contributed by atoms with Gasteiger partial charge in [-0.2, -0.15) is 0 Å². The first-order valence-electron chi connectivity index (χ1n) is 11.0. The molecule has 164 valence electrons. The van der Waals surface area contributed by atoms with Gasteiger partial charge in [0.15, 0.2) is 5.17 Å². The van der Waals surface area contributed by atoms with Crippen molar-refractivity contribution in [3.8, 4) is 5.75 Å². The van der Waals surface area contributed by atoms with Gasteiger partial charge in [0.2, 0.25) is 0 Å². The van der Waals surface area contributed by atoms with Crippen LogP contribution in [0.4, 0.5) is 5.69 Å². The van der Waals surface area contributed by atoms with E-state index in [1.165, 1.54) is 17.3 Å². The van der Waals surface area contributed by atoms with E-state index in [1.807, 2.05) is 48.5 Å². The van der Waals surface area contributed by atoms with Gasteiger partial charge in [0.05, 0.1) is 17.2 Å². The summed E-state index contributed by atoms with van der Waals surface area (Å²) < 4.78 is 6.03. The fraction of sp³-hybridized carbons (Fsp3) is 0.259. The number of rotatable bonds is 6. The maximum atomic E-state index is 13.0. The van der Waals surface area contributed by atoms with Crippen LogP contribution in [0.3, 0.4) is 0 Å². The molecule has 1 aliphatic heterocycles. The van der Waals surface area contributed by atoms with E-state index in [1.54, 1.807) is 11.9 Å². The van der Waals surface area contributed by atoms with Crippen LogP contribution in [0, 0.1) is 5.92 Å². The number of carbonyl (C=O) groups is 1. The molecule has 0 aromatic heterocycles. The molecule has 1 amide bonds. The van der Waals surface area contributed by atoms with Crippen molar-refractivity contribution >= 4 is 45.4 Å². The third-order valence-corrected chi connectivity index (χ3v) is 6.43. The van der Waals surface area contributed by atoms with E-state index in [-0.39, 0.29) is 5.91 Å². The molecular formula is C27H28N2O2S. The molecule has 1 aliphatic rings. The van der Waals surface area contributed by atoms with Crippen molar-refractivity contribution in [3.63, 3.8) is 0 Å². The van der Waals surface area contributed by atoms with Crippen LogP contribution in [0.2, 0.25) is 0 Å². The van der Waals surface area contributed by atoms with Gasteiger partial charge in [-0.15, -0.1) is 0 Å². The average Bonchev–Trinajstić information content (AvgIpc) is 3.06. The smallest absolute Gasteiger partial charge is 0.266 e. The van der Waals surface area contributed by atoms with Gasteiger partial charge in [0.25, 0.3) is 5.91 Å². The quantitative estimate of drug-likeness (QED) is 0.399. The third kappa shape index (κ3) is 4.58. The van der Waals surface area contributed by atoms with Crippen LogP contribution in [0.5, 0.6) is 5.75 Å². The Labute approximate surface area is 194 Å². The number of para-hydroxylation sites is 1.